The van der Waals surface area contributed by atoms with Crippen LogP contribution in [-0.4, -0.2) is 39.4 Å². The predicted molar refractivity (Wildman–Crippen MR) is 60.1 cm³/mol. The van der Waals surface area contributed by atoms with Gasteiger partial charge in [0.1, 0.15) is 12.6 Å². The third-order valence-corrected chi connectivity index (χ3v) is 2.92. The highest BCUT2D eigenvalue weighted by Crippen LogP contribution is 2.22. The molecule has 1 rings (SSSR count). The Morgan fingerprint density at radius 2 is 2.33 bits per heavy atom. The lowest BCUT2D eigenvalue weighted by molar-refractivity contribution is 0.121. The number of nitriles is 1. The number of hydrogen-bond donors (Lipinski definition) is 1. The number of halogens is 3. The molecule has 1 N–H and O–H groups in total. The van der Waals surface area contributed by atoms with E-state index in [-0.39, 0.29) is 22.4 Å². The normalized spacial score (nSPS) is 10.4. The Kier molecular flexibility index (Phi) is 4.61. The Morgan fingerprint density at radius 3 is 2.78 bits per heavy atom. The van der Waals surface area contributed by atoms with Crippen LogP contribution in [0.1, 0.15) is 11.4 Å². The number of nitrogens with zero attached hydrogens (tertiary/aromatic N) is 4. The topological polar surface area (TPSA) is 82.2 Å². The van der Waals surface area contributed by atoms with Crippen LogP contribution in [0.2, 0.25) is 0 Å². The molecule has 0 aromatic carbocycles. The maximum absolute atomic E-state index is 12.3. The van der Waals surface area contributed by atoms with Gasteiger partial charge in [0.15, 0.2) is 5.69 Å². The average molecular weight is 323 g/mol. The molecule has 0 bridgehead atoms. The summed E-state index contributed by atoms with van der Waals surface area (Å²) < 4.78 is 25.7. The van der Waals surface area contributed by atoms with E-state index >= 15 is 0 Å². The fourth-order valence-electron chi connectivity index (χ4n) is 1.25. The first-order chi connectivity index (χ1) is 8.36. The number of amides is 1. The summed E-state index contributed by atoms with van der Waals surface area (Å²) in [5, 5.41) is 21.4. The van der Waals surface area contributed by atoms with Crippen LogP contribution in [-0.2, 0) is 13.1 Å². The van der Waals surface area contributed by atoms with Crippen LogP contribution in [0.3, 0.4) is 0 Å². The SMILES string of the molecule is CN(Cc1nn(CC(F)F)c(C#N)c1Br)C(=O)O. The van der Waals surface area contributed by atoms with E-state index in [1.54, 1.807) is 6.07 Å². The second-order valence-electron chi connectivity index (χ2n) is 3.43. The Morgan fingerprint density at radius 1 is 1.72 bits per heavy atom. The molecule has 0 spiro atoms. The second-order valence-corrected chi connectivity index (χ2v) is 4.23. The van der Waals surface area contributed by atoms with Gasteiger partial charge in [0, 0.05) is 7.05 Å². The molecule has 1 aromatic heterocycles. The van der Waals surface area contributed by atoms with Gasteiger partial charge in [-0.3, -0.25) is 0 Å². The van der Waals surface area contributed by atoms with Crippen molar-refractivity contribution in [3.8, 4) is 6.07 Å². The van der Waals surface area contributed by atoms with Crippen molar-refractivity contribution in [2.24, 2.45) is 0 Å². The maximum atomic E-state index is 12.3. The van der Waals surface area contributed by atoms with Crippen LogP contribution in [0.5, 0.6) is 0 Å². The van der Waals surface area contributed by atoms with E-state index in [1.807, 2.05) is 0 Å². The highest BCUT2D eigenvalue weighted by Gasteiger charge is 2.20. The number of carbonyl (C=O) groups is 1. The molecule has 0 aliphatic heterocycles. The van der Waals surface area contributed by atoms with Crippen LogP contribution in [0.15, 0.2) is 4.47 Å². The first-order valence-electron chi connectivity index (χ1n) is 4.74. The number of carboxylic acid groups (broad SMARTS) is 1. The van der Waals surface area contributed by atoms with Crippen molar-refractivity contribution < 1.29 is 18.7 Å². The number of alkyl halides is 2. The summed E-state index contributed by atoms with van der Waals surface area (Å²) in [5.74, 6) is 0. The molecule has 9 heteroatoms. The van der Waals surface area contributed by atoms with Gasteiger partial charge in [-0.1, -0.05) is 0 Å². The summed E-state index contributed by atoms with van der Waals surface area (Å²) in [6.07, 6.45) is -3.82. The maximum Gasteiger partial charge on any atom is 0.407 e. The molecule has 0 radical (unpaired) electrons. The van der Waals surface area contributed by atoms with Gasteiger partial charge in [0.25, 0.3) is 6.43 Å². The number of hydrogen-bond acceptors (Lipinski definition) is 3. The molecule has 18 heavy (non-hydrogen) atoms. The third-order valence-electron chi connectivity index (χ3n) is 2.09. The van der Waals surface area contributed by atoms with Crippen molar-refractivity contribution in [3.63, 3.8) is 0 Å². The summed E-state index contributed by atoms with van der Waals surface area (Å²) in [6, 6.07) is 1.75. The van der Waals surface area contributed by atoms with Crippen molar-refractivity contribution in [2.45, 2.75) is 19.5 Å². The average Bonchev–Trinajstić information content (AvgIpc) is 2.54. The molecule has 0 atom stereocenters. The smallest absolute Gasteiger partial charge is 0.407 e. The van der Waals surface area contributed by atoms with E-state index in [0.29, 0.717) is 0 Å². The molecular weight excluding hydrogens is 314 g/mol. The zero-order valence-corrected chi connectivity index (χ0v) is 10.9. The minimum absolute atomic E-state index is 0.0518. The van der Waals surface area contributed by atoms with E-state index in [2.05, 4.69) is 21.0 Å². The summed E-state index contributed by atoms with van der Waals surface area (Å²) in [7, 11) is 1.31. The summed E-state index contributed by atoms with van der Waals surface area (Å²) >= 11 is 3.06. The highest BCUT2D eigenvalue weighted by atomic mass is 79.9. The molecule has 0 aliphatic rings. The van der Waals surface area contributed by atoms with Crippen LogP contribution in [0.4, 0.5) is 13.6 Å². The number of rotatable bonds is 4. The van der Waals surface area contributed by atoms with Gasteiger partial charge in [-0.05, 0) is 15.9 Å². The minimum atomic E-state index is -2.64. The lowest BCUT2D eigenvalue weighted by atomic mass is 10.3. The van der Waals surface area contributed by atoms with E-state index in [9.17, 15) is 13.6 Å². The third kappa shape index (κ3) is 3.16. The van der Waals surface area contributed by atoms with Crippen molar-refractivity contribution in [3.05, 3.63) is 15.9 Å². The van der Waals surface area contributed by atoms with Crippen LogP contribution >= 0.6 is 15.9 Å². The van der Waals surface area contributed by atoms with E-state index < -0.39 is 19.1 Å². The molecule has 6 nitrogen and oxygen atoms in total. The molecular formula is C9H9BrF2N4O2. The Labute approximate surface area is 110 Å². The Balaban J connectivity index is 3.04. The van der Waals surface area contributed by atoms with Gasteiger partial charge in [-0.2, -0.15) is 10.4 Å². The van der Waals surface area contributed by atoms with Gasteiger partial charge in [-0.15, -0.1) is 0 Å². The lowest BCUT2D eigenvalue weighted by Crippen LogP contribution is -2.24. The van der Waals surface area contributed by atoms with E-state index in [0.717, 1.165) is 9.58 Å². The molecule has 0 aliphatic carbocycles. The van der Waals surface area contributed by atoms with Crippen molar-refractivity contribution in [1.29, 1.82) is 5.26 Å². The predicted octanol–water partition coefficient (Wildman–Crippen LogP) is 1.89. The van der Waals surface area contributed by atoms with Crippen molar-refractivity contribution in [2.75, 3.05) is 7.05 Å². The molecule has 98 valence electrons. The Bertz CT molecular complexity index is 497. The molecule has 1 amide bonds. The number of aromatic nitrogens is 2. The summed E-state index contributed by atoms with van der Waals surface area (Å²) in [5.41, 5.74) is 0.168. The molecule has 0 fully saturated rings. The van der Waals surface area contributed by atoms with Gasteiger partial charge >= 0.3 is 6.09 Å². The van der Waals surface area contributed by atoms with Gasteiger partial charge in [-0.25, -0.2) is 18.3 Å². The van der Waals surface area contributed by atoms with Crippen LogP contribution in [0.25, 0.3) is 0 Å². The minimum Gasteiger partial charge on any atom is -0.465 e. The van der Waals surface area contributed by atoms with Gasteiger partial charge in [0.2, 0.25) is 0 Å². The largest absolute Gasteiger partial charge is 0.465 e. The zero-order valence-electron chi connectivity index (χ0n) is 9.27. The highest BCUT2D eigenvalue weighted by molar-refractivity contribution is 9.10. The van der Waals surface area contributed by atoms with Crippen LogP contribution < -0.4 is 0 Å². The first-order valence-corrected chi connectivity index (χ1v) is 5.53. The molecule has 0 saturated heterocycles. The van der Waals surface area contributed by atoms with Gasteiger partial charge < -0.3 is 10.0 Å². The lowest BCUT2D eigenvalue weighted by Gasteiger charge is -2.10. The summed E-state index contributed by atoms with van der Waals surface area (Å²) in [4.78, 5) is 11.6. The molecule has 0 saturated carbocycles. The molecule has 0 unspecified atom stereocenters. The molecule has 1 aromatic rings. The van der Waals surface area contributed by atoms with E-state index in [4.69, 9.17) is 10.4 Å². The zero-order chi connectivity index (χ0) is 13.9. The fourth-order valence-corrected chi connectivity index (χ4v) is 1.75. The monoisotopic (exact) mass is 322 g/mol. The summed E-state index contributed by atoms with van der Waals surface area (Å²) in [6.45, 7) is -0.806. The van der Waals surface area contributed by atoms with Crippen molar-refractivity contribution in [1.82, 2.24) is 14.7 Å². The Hall–Kier alpha value is -1.69. The van der Waals surface area contributed by atoms with E-state index in [1.165, 1.54) is 7.05 Å². The quantitative estimate of drug-likeness (QED) is 0.917. The first kappa shape index (κ1) is 14.4. The van der Waals surface area contributed by atoms with Gasteiger partial charge in [0.05, 0.1) is 16.7 Å². The standard InChI is InChI=1S/C9H9BrF2N4O2/c1-15(9(17)18)3-5-8(10)6(2-13)16(14-5)4-7(11)12/h7H,3-4H2,1H3,(H,17,18). The van der Waals surface area contributed by atoms with Crippen LogP contribution in [0, 0.1) is 11.3 Å². The van der Waals surface area contributed by atoms with Crippen molar-refractivity contribution >= 4 is 22.0 Å². The second kappa shape index (κ2) is 5.77. The fraction of sp³-hybridized carbons (Fsp3) is 0.444. The molecule has 1 heterocycles.